The van der Waals surface area contributed by atoms with E-state index < -0.39 is 0 Å². The Bertz CT molecular complexity index is 319. The number of nitrogens with one attached hydrogen (secondary N) is 2. The number of hydroxylamine groups is 2. The van der Waals surface area contributed by atoms with Gasteiger partial charge in [0, 0.05) is 0 Å². The molecule has 1 fully saturated rings. The molecule has 0 aromatic heterocycles. The molecule has 1 heterocycles. The third-order valence-electron chi connectivity index (χ3n) is 2.78. The SMILES string of the molecule is CNCN1CON(CNC)C1c1ccccc1. The van der Waals surface area contributed by atoms with Crippen LogP contribution in [0.4, 0.5) is 0 Å². The van der Waals surface area contributed by atoms with E-state index in [0.717, 1.165) is 6.67 Å². The molecule has 1 aromatic carbocycles. The Labute approximate surface area is 102 Å². The predicted molar refractivity (Wildman–Crippen MR) is 66.7 cm³/mol. The van der Waals surface area contributed by atoms with Gasteiger partial charge in [-0.3, -0.25) is 4.84 Å². The highest BCUT2D eigenvalue weighted by atomic mass is 16.7. The van der Waals surface area contributed by atoms with Gasteiger partial charge in [-0.1, -0.05) is 30.3 Å². The van der Waals surface area contributed by atoms with Crippen molar-refractivity contribution in [2.24, 2.45) is 0 Å². The van der Waals surface area contributed by atoms with Crippen LogP contribution < -0.4 is 10.6 Å². The minimum atomic E-state index is 0.163. The molecule has 0 bridgehead atoms. The van der Waals surface area contributed by atoms with E-state index in [2.05, 4.69) is 39.8 Å². The molecule has 2 N–H and O–H groups in total. The summed E-state index contributed by atoms with van der Waals surface area (Å²) in [4.78, 5) is 7.93. The first-order valence-electron chi connectivity index (χ1n) is 5.84. The number of benzene rings is 1. The van der Waals surface area contributed by atoms with Crippen LogP contribution in [0.25, 0.3) is 0 Å². The van der Waals surface area contributed by atoms with Crippen LogP contribution in [0, 0.1) is 0 Å². The molecule has 0 amide bonds. The average Bonchev–Trinajstić information content (AvgIpc) is 2.74. The highest BCUT2D eigenvalue weighted by Crippen LogP contribution is 2.29. The maximum Gasteiger partial charge on any atom is 0.124 e. The van der Waals surface area contributed by atoms with Crippen molar-refractivity contribution in [3.63, 3.8) is 0 Å². The van der Waals surface area contributed by atoms with Gasteiger partial charge in [-0.25, -0.2) is 4.90 Å². The maximum atomic E-state index is 5.68. The second kappa shape index (κ2) is 6.09. The fourth-order valence-corrected chi connectivity index (χ4v) is 2.10. The molecule has 0 saturated carbocycles. The van der Waals surface area contributed by atoms with Crippen molar-refractivity contribution in [2.45, 2.75) is 6.17 Å². The summed E-state index contributed by atoms with van der Waals surface area (Å²) in [6, 6.07) is 10.4. The van der Waals surface area contributed by atoms with Gasteiger partial charge in [0.05, 0.1) is 13.3 Å². The van der Waals surface area contributed by atoms with Crippen molar-refractivity contribution in [1.29, 1.82) is 0 Å². The zero-order valence-corrected chi connectivity index (χ0v) is 10.4. The molecule has 1 aliphatic rings. The molecule has 1 unspecified atom stereocenters. The van der Waals surface area contributed by atoms with E-state index in [1.807, 2.05) is 25.2 Å². The van der Waals surface area contributed by atoms with Crippen LogP contribution in [0.1, 0.15) is 11.7 Å². The lowest BCUT2D eigenvalue weighted by Gasteiger charge is -2.27. The molecule has 94 valence electrons. The van der Waals surface area contributed by atoms with Gasteiger partial charge in [0.2, 0.25) is 0 Å². The van der Waals surface area contributed by atoms with Crippen molar-refractivity contribution in [2.75, 3.05) is 34.2 Å². The lowest BCUT2D eigenvalue weighted by atomic mass is 10.1. The molecule has 1 aromatic rings. The molecule has 17 heavy (non-hydrogen) atoms. The molecule has 0 aliphatic carbocycles. The van der Waals surface area contributed by atoms with Crippen molar-refractivity contribution in [3.05, 3.63) is 35.9 Å². The van der Waals surface area contributed by atoms with E-state index in [1.54, 1.807) is 0 Å². The first-order chi connectivity index (χ1) is 8.36. The summed E-state index contributed by atoms with van der Waals surface area (Å²) in [5.74, 6) is 0. The summed E-state index contributed by atoms with van der Waals surface area (Å²) in [5.41, 5.74) is 1.25. The van der Waals surface area contributed by atoms with Crippen molar-refractivity contribution >= 4 is 0 Å². The molecule has 1 atom stereocenters. The Morgan fingerprint density at radius 2 is 1.88 bits per heavy atom. The zero-order valence-electron chi connectivity index (χ0n) is 10.4. The molecule has 1 saturated heterocycles. The summed E-state index contributed by atoms with van der Waals surface area (Å²) in [5, 5.41) is 8.26. The van der Waals surface area contributed by atoms with Crippen LogP contribution >= 0.6 is 0 Å². The zero-order chi connectivity index (χ0) is 12.1. The van der Waals surface area contributed by atoms with Crippen LogP contribution in [0.3, 0.4) is 0 Å². The Hall–Kier alpha value is -0.980. The van der Waals surface area contributed by atoms with Gasteiger partial charge in [-0.05, 0) is 19.7 Å². The highest BCUT2D eigenvalue weighted by Gasteiger charge is 2.33. The van der Waals surface area contributed by atoms with E-state index in [1.165, 1.54) is 5.56 Å². The second-order valence-electron chi connectivity index (χ2n) is 4.07. The first-order valence-corrected chi connectivity index (χ1v) is 5.84. The van der Waals surface area contributed by atoms with Crippen LogP contribution in [-0.4, -0.2) is 44.1 Å². The Kier molecular flexibility index (Phi) is 4.47. The lowest BCUT2D eigenvalue weighted by molar-refractivity contribution is -0.137. The van der Waals surface area contributed by atoms with E-state index in [4.69, 9.17) is 4.84 Å². The Morgan fingerprint density at radius 3 is 2.53 bits per heavy atom. The van der Waals surface area contributed by atoms with Crippen molar-refractivity contribution in [3.8, 4) is 0 Å². The third kappa shape index (κ3) is 2.83. The molecule has 5 nitrogen and oxygen atoms in total. The Morgan fingerprint density at radius 1 is 1.18 bits per heavy atom. The summed E-state index contributed by atoms with van der Waals surface area (Å²) in [7, 11) is 3.87. The topological polar surface area (TPSA) is 39.8 Å². The van der Waals surface area contributed by atoms with Gasteiger partial charge in [-0.15, -0.1) is 0 Å². The number of rotatable bonds is 5. The van der Waals surface area contributed by atoms with Gasteiger partial charge >= 0.3 is 0 Å². The summed E-state index contributed by atoms with van der Waals surface area (Å²) in [6.45, 7) is 2.13. The molecular formula is C12H20N4O. The third-order valence-corrected chi connectivity index (χ3v) is 2.78. The molecule has 2 rings (SSSR count). The monoisotopic (exact) mass is 236 g/mol. The number of nitrogens with zero attached hydrogens (tertiary/aromatic N) is 2. The van der Waals surface area contributed by atoms with Gasteiger partial charge < -0.3 is 10.6 Å². The summed E-state index contributed by atoms with van der Waals surface area (Å²) in [6.07, 6.45) is 0.163. The van der Waals surface area contributed by atoms with Crippen LogP contribution in [-0.2, 0) is 4.84 Å². The first kappa shape index (κ1) is 12.5. The van der Waals surface area contributed by atoms with Gasteiger partial charge in [0.1, 0.15) is 12.9 Å². The lowest BCUT2D eigenvalue weighted by Crippen LogP contribution is -2.38. The molecular weight excluding hydrogens is 216 g/mol. The molecule has 0 spiro atoms. The van der Waals surface area contributed by atoms with Gasteiger partial charge in [0.15, 0.2) is 0 Å². The fourth-order valence-electron chi connectivity index (χ4n) is 2.10. The normalized spacial score (nSPS) is 22.1. The average molecular weight is 236 g/mol. The van der Waals surface area contributed by atoms with Crippen LogP contribution in [0.5, 0.6) is 0 Å². The van der Waals surface area contributed by atoms with E-state index in [9.17, 15) is 0 Å². The molecule has 0 radical (unpaired) electrons. The summed E-state index contributed by atoms with van der Waals surface area (Å²) < 4.78 is 0. The summed E-state index contributed by atoms with van der Waals surface area (Å²) >= 11 is 0. The number of hydrogen-bond donors (Lipinski definition) is 2. The van der Waals surface area contributed by atoms with Crippen LogP contribution in [0.15, 0.2) is 30.3 Å². The quantitative estimate of drug-likeness (QED) is 0.781. The van der Waals surface area contributed by atoms with Gasteiger partial charge in [-0.2, -0.15) is 5.06 Å². The van der Waals surface area contributed by atoms with E-state index in [-0.39, 0.29) is 6.17 Å². The molecule has 5 heteroatoms. The smallest absolute Gasteiger partial charge is 0.124 e. The van der Waals surface area contributed by atoms with Gasteiger partial charge in [0.25, 0.3) is 0 Å². The minimum Gasteiger partial charge on any atom is -0.307 e. The standard InChI is InChI=1S/C12H20N4O/c1-13-8-15-10-17-16(9-14-2)12(15)11-6-4-3-5-7-11/h3-7,12-14H,8-10H2,1-2H3. The largest absolute Gasteiger partial charge is 0.307 e. The highest BCUT2D eigenvalue weighted by molar-refractivity contribution is 5.18. The maximum absolute atomic E-state index is 5.68. The van der Waals surface area contributed by atoms with E-state index in [0.29, 0.717) is 13.4 Å². The number of hydrogen-bond acceptors (Lipinski definition) is 5. The van der Waals surface area contributed by atoms with Crippen molar-refractivity contribution < 1.29 is 4.84 Å². The van der Waals surface area contributed by atoms with Crippen molar-refractivity contribution in [1.82, 2.24) is 20.6 Å². The fraction of sp³-hybridized carbons (Fsp3) is 0.500. The Balaban J connectivity index is 2.17. The second-order valence-corrected chi connectivity index (χ2v) is 4.07. The molecule has 1 aliphatic heterocycles. The minimum absolute atomic E-state index is 0.163. The predicted octanol–water partition coefficient (Wildman–Crippen LogP) is 0.546. The van der Waals surface area contributed by atoms with E-state index >= 15 is 0 Å². The van der Waals surface area contributed by atoms with Crippen LogP contribution in [0.2, 0.25) is 0 Å².